The molecule has 0 N–H and O–H groups in total. The van der Waals surface area contributed by atoms with Gasteiger partial charge in [-0.2, -0.15) is 5.10 Å². The van der Waals surface area contributed by atoms with Crippen molar-refractivity contribution in [1.82, 2.24) is 9.78 Å². The van der Waals surface area contributed by atoms with E-state index in [-0.39, 0.29) is 6.10 Å². The molecule has 0 fully saturated rings. The molecule has 0 saturated heterocycles. The fourth-order valence-corrected chi connectivity index (χ4v) is 1.49. The lowest BCUT2D eigenvalue weighted by Crippen LogP contribution is -2.15. The van der Waals surface area contributed by atoms with Crippen molar-refractivity contribution in [3.05, 3.63) is 18.0 Å². The third-order valence-corrected chi connectivity index (χ3v) is 2.47. The number of rotatable bonds is 2. The molecule has 4 nitrogen and oxygen atoms in total. The largest absolute Gasteiger partial charge is 0.392 e. The lowest BCUT2D eigenvalue weighted by molar-refractivity contribution is 0.0521. The molecule has 0 aliphatic carbocycles. The van der Waals surface area contributed by atoms with E-state index in [1.54, 1.807) is 4.68 Å². The van der Waals surface area contributed by atoms with Gasteiger partial charge in [-0.25, -0.2) is 0 Å². The molecule has 1 atom stereocenters. The summed E-state index contributed by atoms with van der Waals surface area (Å²) in [5.41, 5.74) is 2.08. The highest BCUT2D eigenvalue weighted by atomic mass is 16.6. The highest BCUT2D eigenvalue weighted by Gasteiger charge is 2.25. The molecule has 4 heteroatoms. The topological polar surface area (TPSA) is 39.4 Å². The van der Waals surface area contributed by atoms with Gasteiger partial charge >= 0.3 is 0 Å². The summed E-state index contributed by atoms with van der Waals surface area (Å²) in [6.07, 6.45) is 4.91. The second-order valence-corrected chi connectivity index (χ2v) is 4.03. The summed E-state index contributed by atoms with van der Waals surface area (Å²) < 4.78 is 1.78. The average molecular weight is 193 g/mol. The first-order valence-electron chi connectivity index (χ1n) is 4.88. The fourth-order valence-electron chi connectivity index (χ4n) is 1.49. The first kappa shape index (κ1) is 9.24. The maximum absolute atomic E-state index is 5.34. The van der Waals surface area contributed by atoms with Crippen LogP contribution in [-0.2, 0) is 11.9 Å². The Morgan fingerprint density at radius 3 is 2.86 bits per heavy atom. The molecule has 1 unspecified atom stereocenters. The maximum atomic E-state index is 5.34. The highest BCUT2D eigenvalue weighted by Crippen LogP contribution is 2.21. The van der Waals surface area contributed by atoms with Crippen LogP contribution in [-0.4, -0.2) is 21.6 Å². The van der Waals surface area contributed by atoms with Gasteiger partial charge in [-0.05, 0) is 5.92 Å². The Bertz CT molecular complexity index is 354. The smallest absolute Gasteiger partial charge is 0.135 e. The van der Waals surface area contributed by atoms with Crippen molar-refractivity contribution in [1.29, 1.82) is 0 Å². The molecule has 0 radical (unpaired) electrons. The fraction of sp³-hybridized carbons (Fsp3) is 0.600. The molecule has 0 amide bonds. The predicted molar refractivity (Wildman–Crippen MR) is 54.1 cm³/mol. The Morgan fingerprint density at radius 1 is 1.57 bits per heavy atom. The third kappa shape index (κ3) is 1.64. The van der Waals surface area contributed by atoms with Crippen LogP contribution in [0, 0.1) is 5.92 Å². The van der Waals surface area contributed by atoms with E-state index in [1.807, 2.05) is 19.4 Å². The van der Waals surface area contributed by atoms with Gasteiger partial charge < -0.3 is 4.84 Å². The summed E-state index contributed by atoms with van der Waals surface area (Å²) in [4.78, 5) is 5.34. The molecular formula is C10H15N3O. The molecule has 0 saturated carbocycles. The Labute approximate surface area is 83.6 Å². The maximum Gasteiger partial charge on any atom is 0.135 e. The van der Waals surface area contributed by atoms with Crippen molar-refractivity contribution in [2.45, 2.75) is 26.4 Å². The van der Waals surface area contributed by atoms with Gasteiger partial charge in [-0.15, -0.1) is 0 Å². The van der Waals surface area contributed by atoms with E-state index in [1.165, 1.54) is 0 Å². The molecule has 1 aliphatic rings. The van der Waals surface area contributed by atoms with E-state index in [0.29, 0.717) is 5.92 Å². The van der Waals surface area contributed by atoms with Crippen LogP contribution in [0.5, 0.6) is 0 Å². The van der Waals surface area contributed by atoms with Gasteiger partial charge in [0.15, 0.2) is 0 Å². The minimum atomic E-state index is 0.227. The summed E-state index contributed by atoms with van der Waals surface area (Å²) in [5.74, 6) is 0.507. The molecule has 0 spiro atoms. The quantitative estimate of drug-likeness (QED) is 0.715. The van der Waals surface area contributed by atoms with E-state index < -0.39 is 0 Å². The molecule has 14 heavy (non-hydrogen) atoms. The zero-order valence-corrected chi connectivity index (χ0v) is 8.77. The van der Waals surface area contributed by atoms with Gasteiger partial charge in [-0.3, -0.25) is 4.68 Å². The van der Waals surface area contributed by atoms with Crippen LogP contribution < -0.4 is 0 Å². The minimum Gasteiger partial charge on any atom is -0.392 e. The average Bonchev–Trinajstić information content (AvgIpc) is 2.70. The van der Waals surface area contributed by atoms with Crippen molar-refractivity contribution < 1.29 is 4.84 Å². The standard InChI is InChI=1S/C10H15N3O/c1-7(2)10-4-9(12-14-10)8-5-11-13(3)6-8/h5-7,10H,4H2,1-3H3. The molecule has 2 heterocycles. The predicted octanol–water partition coefficient (Wildman–Crippen LogP) is 1.57. The third-order valence-electron chi connectivity index (χ3n) is 2.47. The second-order valence-electron chi connectivity index (χ2n) is 4.03. The summed E-state index contributed by atoms with van der Waals surface area (Å²) in [6, 6.07) is 0. The van der Waals surface area contributed by atoms with Gasteiger partial charge in [0.25, 0.3) is 0 Å². The SMILES string of the molecule is CC(C)C1CC(c2cnn(C)c2)=NO1. The summed E-state index contributed by atoms with van der Waals surface area (Å²) in [5, 5.41) is 8.20. The van der Waals surface area contributed by atoms with E-state index in [0.717, 1.165) is 17.7 Å². The number of oxime groups is 1. The van der Waals surface area contributed by atoms with Crippen molar-refractivity contribution in [2.24, 2.45) is 18.1 Å². The van der Waals surface area contributed by atoms with Gasteiger partial charge in [0.1, 0.15) is 6.10 Å². The lowest BCUT2D eigenvalue weighted by Gasteiger charge is -2.10. The first-order valence-corrected chi connectivity index (χ1v) is 4.88. The van der Waals surface area contributed by atoms with Crippen LogP contribution in [0.15, 0.2) is 17.5 Å². The van der Waals surface area contributed by atoms with Gasteiger partial charge in [0, 0.05) is 25.2 Å². The molecule has 0 aromatic carbocycles. The number of nitrogens with zero attached hydrogens (tertiary/aromatic N) is 3. The van der Waals surface area contributed by atoms with Crippen molar-refractivity contribution in [3.8, 4) is 0 Å². The molecule has 0 bridgehead atoms. The molecule has 1 aromatic rings. The van der Waals surface area contributed by atoms with Crippen LogP contribution >= 0.6 is 0 Å². The zero-order valence-electron chi connectivity index (χ0n) is 8.77. The summed E-state index contributed by atoms with van der Waals surface area (Å²) >= 11 is 0. The van der Waals surface area contributed by atoms with Crippen LogP contribution in [0.1, 0.15) is 25.8 Å². The van der Waals surface area contributed by atoms with Crippen LogP contribution in [0.4, 0.5) is 0 Å². The van der Waals surface area contributed by atoms with E-state index in [9.17, 15) is 0 Å². The number of aryl methyl sites for hydroxylation is 1. The second kappa shape index (κ2) is 3.44. The van der Waals surface area contributed by atoms with E-state index >= 15 is 0 Å². The molecule has 1 aromatic heterocycles. The van der Waals surface area contributed by atoms with E-state index in [4.69, 9.17) is 4.84 Å². The monoisotopic (exact) mass is 193 g/mol. The Morgan fingerprint density at radius 2 is 2.36 bits per heavy atom. The van der Waals surface area contributed by atoms with Gasteiger partial charge in [0.2, 0.25) is 0 Å². The Kier molecular flexibility index (Phi) is 2.27. The van der Waals surface area contributed by atoms with Crippen molar-refractivity contribution >= 4 is 5.71 Å². The Balaban J connectivity index is 2.09. The number of hydrogen-bond donors (Lipinski definition) is 0. The molecule has 2 rings (SSSR count). The minimum absolute atomic E-state index is 0.227. The van der Waals surface area contributed by atoms with Gasteiger partial charge in [0.05, 0.1) is 11.9 Å². The van der Waals surface area contributed by atoms with Crippen LogP contribution in [0.3, 0.4) is 0 Å². The number of hydrogen-bond acceptors (Lipinski definition) is 3. The zero-order chi connectivity index (χ0) is 10.1. The van der Waals surface area contributed by atoms with E-state index in [2.05, 4.69) is 24.1 Å². The van der Waals surface area contributed by atoms with Crippen molar-refractivity contribution in [3.63, 3.8) is 0 Å². The molecule has 1 aliphatic heterocycles. The van der Waals surface area contributed by atoms with Crippen molar-refractivity contribution in [2.75, 3.05) is 0 Å². The first-order chi connectivity index (χ1) is 6.66. The van der Waals surface area contributed by atoms with Crippen LogP contribution in [0.2, 0.25) is 0 Å². The van der Waals surface area contributed by atoms with Crippen LogP contribution in [0.25, 0.3) is 0 Å². The number of aromatic nitrogens is 2. The van der Waals surface area contributed by atoms with Gasteiger partial charge in [-0.1, -0.05) is 19.0 Å². The highest BCUT2D eigenvalue weighted by molar-refractivity contribution is 6.00. The summed E-state index contributed by atoms with van der Waals surface area (Å²) in [7, 11) is 1.90. The molecular weight excluding hydrogens is 178 g/mol. The lowest BCUT2D eigenvalue weighted by atomic mass is 10.0. The normalized spacial score (nSPS) is 21.1. The summed E-state index contributed by atoms with van der Waals surface area (Å²) in [6.45, 7) is 4.29. The molecule has 76 valence electrons. The Hall–Kier alpha value is -1.32.